The smallest absolute Gasteiger partial charge is 0.325 e. The van der Waals surface area contributed by atoms with Crippen molar-refractivity contribution in [2.24, 2.45) is 7.05 Å². The summed E-state index contributed by atoms with van der Waals surface area (Å²) >= 11 is 1.53. The molecule has 0 spiro atoms. The number of unbranched alkanes of at least 4 members (excludes halogenated alkanes) is 1. The van der Waals surface area contributed by atoms with Crippen LogP contribution in [0.15, 0.2) is 45.2 Å². The summed E-state index contributed by atoms with van der Waals surface area (Å²) in [6.07, 6.45) is 3.34. The molecule has 0 aliphatic rings. The van der Waals surface area contributed by atoms with Crippen molar-refractivity contribution in [2.75, 3.05) is 0 Å². The molecule has 0 fully saturated rings. The first-order chi connectivity index (χ1) is 13.6. The molecule has 0 unspecified atom stereocenters. The van der Waals surface area contributed by atoms with Gasteiger partial charge >= 0.3 is 5.69 Å². The molecule has 3 heterocycles. The molecule has 0 aliphatic carbocycles. The van der Waals surface area contributed by atoms with Crippen molar-refractivity contribution in [3.05, 3.63) is 57.3 Å². The Balaban J connectivity index is 1.73. The van der Waals surface area contributed by atoms with Gasteiger partial charge in [-0.3, -0.25) is 14.3 Å². The molecule has 0 radical (unpaired) electrons. The van der Waals surface area contributed by atoms with E-state index in [1.807, 2.05) is 24.3 Å². The molecule has 4 aromatic rings. The van der Waals surface area contributed by atoms with Crippen LogP contribution in [0.5, 0.6) is 0 Å². The van der Waals surface area contributed by atoms with Gasteiger partial charge < -0.3 is 4.57 Å². The quantitative estimate of drug-likeness (QED) is 0.397. The van der Waals surface area contributed by atoms with E-state index in [1.165, 1.54) is 11.8 Å². The second-order valence-corrected chi connectivity index (χ2v) is 7.47. The van der Waals surface area contributed by atoms with Crippen molar-refractivity contribution in [3.8, 4) is 0 Å². The molecule has 0 saturated carbocycles. The summed E-state index contributed by atoms with van der Waals surface area (Å²) in [7, 11) is 1.80. The lowest BCUT2D eigenvalue weighted by molar-refractivity contribution is 0.613. The normalized spacial score (nSPS) is 11.5. The Morgan fingerprint density at radius 1 is 1.18 bits per heavy atom. The van der Waals surface area contributed by atoms with E-state index in [9.17, 15) is 9.59 Å². The third-order valence-electron chi connectivity index (χ3n) is 4.69. The molecule has 8 nitrogen and oxygen atoms in total. The number of nitrogens with one attached hydrogen (secondary N) is 1. The van der Waals surface area contributed by atoms with Gasteiger partial charge in [0.2, 0.25) is 0 Å². The highest BCUT2D eigenvalue weighted by Crippen LogP contribution is 2.27. The minimum absolute atomic E-state index is 0.411. The maximum Gasteiger partial charge on any atom is 0.330 e. The molecular formula is C19H20N6O2S. The first-order valence-corrected chi connectivity index (χ1v) is 10.1. The molecular weight excluding hydrogens is 376 g/mol. The summed E-state index contributed by atoms with van der Waals surface area (Å²) in [4.78, 5) is 40.3. The van der Waals surface area contributed by atoms with Crippen LogP contribution in [0.1, 0.15) is 25.6 Å². The number of H-pyrrole nitrogens is 1. The Kier molecular flexibility index (Phi) is 4.99. The van der Waals surface area contributed by atoms with Crippen molar-refractivity contribution < 1.29 is 0 Å². The van der Waals surface area contributed by atoms with E-state index in [-0.39, 0.29) is 0 Å². The van der Waals surface area contributed by atoms with Gasteiger partial charge in [-0.25, -0.2) is 19.7 Å². The minimum atomic E-state index is -0.412. The monoisotopic (exact) mass is 396 g/mol. The van der Waals surface area contributed by atoms with Crippen molar-refractivity contribution in [3.63, 3.8) is 0 Å². The molecule has 144 valence electrons. The van der Waals surface area contributed by atoms with E-state index in [0.717, 1.165) is 28.8 Å². The predicted octanol–water partition coefficient (Wildman–Crippen LogP) is 2.46. The number of thioether (sulfide) groups is 1. The fourth-order valence-corrected chi connectivity index (χ4v) is 4.15. The molecule has 0 saturated heterocycles. The van der Waals surface area contributed by atoms with Crippen molar-refractivity contribution >= 4 is 33.8 Å². The third-order valence-corrected chi connectivity index (χ3v) is 5.69. The summed E-state index contributed by atoms with van der Waals surface area (Å²) in [6.45, 7) is 2.59. The molecule has 4 rings (SSSR count). The maximum absolute atomic E-state index is 12.4. The van der Waals surface area contributed by atoms with Gasteiger partial charge in [-0.1, -0.05) is 43.3 Å². The number of aryl methyl sites for hydroxylation is 2. The summed E-state index contributed by atoms with van der Waals surface area (Å²) in [5.74, 6) is 1.23. The van der Waals surface area contributed by atoms with E-state index >= 15 is 0 Å². The Hall–Kier alpha value is -2.94. The van der Waals surface area contributed by atoms with Crippen molar-refractivity contribution in [2.45, 2.75) is 37.1 Å². The van der Waals surface area contributed by atoms with Gasteiger partial charge in [-0.05, 0) is 12.5 Å². The van der Waals surface area contributed by atoms with Gasteiger partial charge in [0.1, 0.15) is 17.2 Å². The third kappa shape index (κ3) is 3.22. The van der Waals surface area contributed by atoms with Crippen LogP contribution in [0.25, 0.3) is 22.1 Å². The highest BCUT2D eigenvalue weighted by molar-refractivity contribution is 7.98. The molecule has 3 aromatic heterocycles. The van der Waals surface area contributed by atoms with Gasteiger partial charge in [-0.15, -0.1) is 0 Å². The minimum Gasteiger partial charge on any atom is -0.325 e. The second-order valence-electron chi connectivity index (χ2n) is 6.51. The van der Waals surface area contributed by atoms with Crippen LogP contribution >= 0.6 is 11.8 Å². The zero-order valence-electron chi connectivity index (χ0n) is 15.7. The van der Waals surface area contributed by atoms with E-state index in [0.29, 0.717) is 29.3 Å². The first kappa shape index (κ1) is 18.4. The average molecular weight is 396 g/mol. The lowest BCUT2D eigenvalue weighted by Gasteiger charge is -2.05. The molecule has 0 bridgehead atoms. The van der Waals surface area contributed by atoms with Crippen LogP contribution in [0.3, 0.4) is 0 Å². The van der Waals surface area contributed by atoms with Crippen LogP contribution in [-0.4, -0.2) is 29.1 Å². The maximum atomic E-state index is 12.4. The molecule has 0 aliphatic heterocycles. The number of aromatic amines is 1. The first-order valence-electron chi connectivity index (χ1n) is 9.11. The van der Waals surface area contributed by atoms with Gasteiger partial charge in [0, 0.05) is 19.0 Å². The summed E-state index contributed by atoms with van der Waals surface area (Å²) < 4.78 is 3.31. The zero-order valence-corrected chi connectivity index (χ0v) is 16.5. The predicted molar refractivity (Wildman–Crippen MR) is 110 cm³/mol. The largest absolute Gasteiger partial charge is 0.330 e. The van der Waals surface area contributed by atoms with Crippen LogP contribution in [0.2, 0.25) is 0 Å². The number of nitrogens with zero attached hydrogens (tertiary/aromatic N) is 5. The van der Waals surface area contributed by atoms with Crippen LogP contribution in [0.4, 0.5) is 0 Å². The summed E-state index contributed by atoms with van der Waals surface area (Å²) in [6, 6.07) is 7.83. The Morgan fingerprint density at radius 2 is 2.00 bits per heavy atom. The Labute approximate surface area is 164 Å². The lowest BCUT2D eigenvalue weighted by atomic mass is 10.2. The number of imidazole rings is 1. The van der Waals surface area contributed by atoms with E-state index in [4.69, 9.17) is 0 Å². The van der Waals surface area contributed by atoms with Crippen molar-refractivity contribution in [1.82, 2.24) is 29.1 Å². The number of hydrogen-bond acceptors (Lipinski definition) is 6. The number of aromatic nitrogens is 6. The standard InChI is InChI=1S/C19H20N6O2S/c1-3-4-9-25-16-15(17(26)23-19(25)27)24(2)14(22-16)10-28-18-12-7-5-6-8-13(12)20-11-21-18/h5-8,11H,3-4,9-10H2,1-2H3,(H,23,26,27). The van der Waals surface area contributed by atoms with Crippen LogP contribution in [0, 0.1) is 0 Å². The highest BCUT2D eigenvalue weighted by atomic mass is 32.2. The molecule has 0 amide bonds. The molecule has 1 aromatic carbocycles. The number of fused-ring (bicyclic) bond motifs is 2. The topological polar surface area (TPSA) is 98.5 Å². The molecule has 0 atom stereocenters. The fraction of sp³-hybridized carbons (Fsp3) is 0.316. The molecule has 28 heavy (non-hydrogen) atoms. The number of benzene rings is 1. The number of hydrogen-bond donors (Lipinski definition) is 1. The second kappa shape index (κ2) is 7.59. The molecule has 1 N–H and O–H groups in total. The Bertz CT molecular complexity index is 1270. The zero-order chi connectivity index (χ0) is 19.7. The average Bonchev–Trinajstić information content (AvgIpc) is 3.03. The van der Waals surface area contributed by atoms with E-state index in [2.05, 4.69) is 26.9 Å². The fourth-order valence-electron chi connectivity index (χ4n) is 3.17. The van der Waals surface area contributed by atoms with Crippen LogP contribution < -0.4 is 11.2 Å². The van der Waals surface area contributed by atoms with Gasteiger partial charge in [0.05, 0.1) is 11.3 Å². The van der Waals surface area contributed by atoms with E-state index in [1.54, 1.807) is 22.5 Å². The number of para-hydroxylation sites is 1. The Morgan fingerprint density at radius 3 is 2.82 bits per heavy atom. The van der Waals surface area contributed by atoms with E-state index < -0.39 is 11.2 Å². The van der Waals surface area contributed by atoms with Gasteiger partial charge in [-0.2, -0.15) is 0 Å². The lowest BCUT2D eigenvalue weighted by Crippen LogP contribution is -2.31. The van der Waals surface area contributed by atoms with Gasteiger partial charge in [0.15, 0.2) is 11.2 Å². The van der Waals surface area contributed by atoms with Crippen LogP contribution in [-0.2, 0) is 19.3 Å². The molecule has 9 heteroatoms. The highest BCUT2D eigenvalue weighted by Gasteiger charge is 2.17. The van der Waals surface area contributed by atoms with Gasteiger partial charge in [0.25, 0.3) is 5.56 Å². The summed E-state index contributed by atoms with van der Waals surface area (Å²) in [5.41, 5.74) is 0.915. The SMILES string of the molecule is CCCCn1c(=O)[nH]c(=O)c2c1nc(CSc1ncnc3ccccc13)n2C. The number of rotatable bonds is 6. The van der Waals surface area contributed by atoms with Crippen molar-refractivity contribution in [1.29, 1.82) is 0 Å². The summed E-state index contributed by atoms with van der Waals surface area (Å²) in [5, 5.41) is 1.83.